The zero-order valence-electron chi connectivity index (χ0n) is 13.3. The quantitative estimate of drug-likeness (QED) is 0.851. The van der Waals surface area contributed by atoms with Gasteiger partial charge in [-0.2, -0.15) is 5.10 Å². The van der Waals surface area contributed by atoms with Crippen LogP contribution in [0.4, 0.5) is 0 Å². The summed E-state index contributed by atoms with van der Waals surface area (Å²) in [5.41, 5.74) is 2.02. The Kier molecular flexibility index (Phi) is 4.38. The molecule has 2 aromatic rings. The SMILES string of the molecule is Cc1ccc(=O)n(CC2CCN(Cc3cn(C)cn3)CC2)n1. The molecule has 0 N–H and O–H groups in total. The lowest BCUT2D eigenvalue weighted by molar-refractivity contribution is 0.162. The molecule has 1 aliphatic rings. The number of rotatable bonds is 4. The average Bonchev–Trinajstić information content (AvgIpc) is 2.90. The van der Waals surface area contributed by atoms with Gasteiger partial charge in [0.05, 0.1) is 17.7 Å². The first-order chi connectivity index (χ1) is 10.6. The largest absolute Gasteiger partial charge is 0.340 e. The van der Waals surface area contributed by atoms with Gasteiger partial charge in [0.15, 0.2) is 0 Å². The molecule has 0 spiro atoms. The maximum Gasteiger partial charge on any atom is 0.266 e. The van der Waals surface area contributed by atoms with E-state index in [2.05, 4.69) is 21.2 Å². The lowest BCUT2D eigenvalue weighted by Gasteiger charge is -2.31. The molecule has 2 aromatic heterocycles. The molecule has 0 atom stereocenters. The highest BCUT2D eigenvalue weighted by Gasteiger charge is 2.20. The highest BCUT2D eigenvalue weighted by atomic mass is 16.1. The Morgan fingerprint density at radius 3 is 2.73 bits per heavy atom. The van der Waals surface area contributed by atoms with Crippen LogP contribution in [0.5, 0.6) is 0 Å². The number of likely N-dealkylation sites (tertiary alicyclic amines) is 1. The van der Waals surface area contributed by atoms with E-state index in [9.17, 15) is 4.79 Å². The molecular formula is C16H23N5O. The molecule has 0 bridgehead atoms. The minimum absolute atomic E-state index is 0.00140. The molecule has 0 saturated carbocycles. The molecular weight excluding hydrogens is 278 g/mol. The van der Waals surface area contributed by atoms with Gasteiger partial charge in [-0.25, -0.2) is 9.67 Å². The van der Waals surface area contributed by atoms with Crippen LogP contribution >= 0.6 is 0 Å². The van der Waals surface area contributed by atoms with Gasteiger partial charge >= 0.3 is 0 Å². The Balaban J connectivity index is 1.53. The minimum Gasteiger partial charge on any atom is -0.340 e. The Morgan fingerprint density at radius 2 is 2.05 bits per heavy atom. The monoisotopic (exact) mass is 301 g/mol. The van der Waals surface area contributed by atoms with Gasteiger partial charge in [-0.05, 0) is 44.8 Å². The molecule has 0 amide bonds. The standard InChI is InChI=1S/C16H23N5O/c1-13-3-4-16(22)21(18-13)9-14-5-7-20(8-6-14)11-15-10-19(2)12-17-15/h3-4,10,12,14H,5-9,11H2,1-2H3. The summed E-state index contributed by atoms with van der Waals surface area (Å²) < 4.78 is 3.60. The van der Waals surface area contributed by atoms with Crippen LogP contribution in [0.3, 0.4) is 0 Å². The Morgan fingerprint density at radius 1 is 1.27 bits per heavy atom. The van der Waals surface area contributed by atoms with Gasteiger partial charge in [-0.1, -0.05) is 0 Å². The van der Waals surface area contributed by atoms with Crippen molar-refractivity contribution >= 4 is 0 Å². The first kappa shape index (κ1) is 15.0. The van der Waals surface area contributed by atoms with Crippen LogP contribution in [0, 0.1) is 12.8 Å². The van der Waals surface area contributed by atoms with Crippen LogP contribution in [0.1, 0.15) is 24.2 Å². The Hall–Kier alpha value is -1.95. The number of hydrogen-bond donors (Lipinski definition) is 0. The molecule has 0 radical (unpaired) electrons. The van der Waals surface area contributed by atoms with E-state index in [1.165, 1.54) is 0 Å². The summed E-state index contributed by atoms with van der Waals surface area (Å²) in [5.74, 6) is 0.534. The molecule has 1 fully saturated rings. The number of nitrogens with zero attached hydrogens (tertiary/aromatic N) is 5. The van der Waals surface area contributed by atoms with Crippen LogP contribution in [0.25, 0.3) is 0 Å². The topological polar surface area (TPSA) is 56.0 Å². The van der Waals surface area contributed by atoms with E-state index in [1.54, 1.807) is 16.8 Å². The van der Waals surface area contributed by atoms with E-state index in [-0.39, 0.29) is 5.56 Å². The van der Waals surface area contributed by atoms with Gasteiger partial charge in [0.2, 0.25) is 0 Å². The number of imidazole rings is 1. The molecule has 1 saturated heterocycles. The average molecular weight is 301 g/mol. The number of piperidine rings is 1. The maximum atomic E-state index is 11.8. The summed E-state index contributed by atoms with van der Waals surface area (Å²) in [7, 11) is 2.00. The van der Waals surface area contributed by atoms with E-state index >= 15 is 0 Å². The molecule has 22 heavy (non-hydrogen) atoms. The summed E-state index contributed by atoms with van der Waals surface area (Å²) >= 11 is 0. The zero-order valence-corrected chi connectivity index (χ0v) is 13.3. The Labute approximate surface area is 130 Å². The normalized spacial score (nSPS) is 17.0. The summed E-state index contributed by atoms with van der Waals surface area (Å²) in [6.45, 7) is 5.68. The van der Waals surface area contributed by atoms with Gasteiger partial charge in [-0.3, -0.25) is 9.69 Å². The van der Waals surface area contributed by atoms with E-state index in [0.717, 1.165) is 50.4 Å². The second kappa shape index (κ2) is 6.44. The molecule has 6 heteroatoms. The first-order valence-corrected chi connectivity index (χ1v) is 7.84. The van der Waals surface area contributed by atoms with Crippen molar-refractivity contribution in [2.75, 3.05) is 13.1 Å². The fraction of sp³-hybridized carbons (Fsp3) is 0.562. The second-order valence-corrected chi connectivity index (χ2v) is 6.25. The summed E-state index contributed by atoms with van der Waals surface area (Å²) in [6.07, 6.45) is 6.13. The van der Waals surface area contributed by atoms with Crippen molar-refractivity contribution in [2.24, 2.45) is 13.0 Å². The van der Waals surface area contributed by atoms with E-state index in [1.807, 2.05) is 24.9 Å². The first-order valence-electron chi connectivity index (χ1n) is 7.84. The maximum absolute atomic E-state index is 11.8. The van der Waals surface area contributed by atoms with E-state index in [4.69, 9.17) is 0 Å². The number of aromatic nitrogens is 4. The number of hydrogen-bond acceptors (Lipinski definition) is 4. The summed E-state index contributed by atoms with van der Waals surface area (Å²) in [4.78, 5) is 18.7. The van der Waals surface area contributed by atoms with Crippen LogP contribution in [-0.4, -0.2) is 37.3 Å². The molecule has 0 aliphatic carbocycles. The summed E-state index contributed by atoms with van der Waals surface area (Å²) in [5, 5.41) is 4.33. The molecule has 0 unspecified atom stereocenters. The van der Waals surface area contributed by atoms with E-state index in [0.29, 0.717) is 5.92 Å². The Bertz CT molecular complexity index is 682. The highest BCUT2D eigenvalue weighted by Crippen LogP contribution is 2.19. The van der Waals surface area contributed by atoms with Crippen molar-refractivity contribution in [1.29, 1.82) is 0 Å². The van der Waals surface area contributed by atoms with Gasteiger partial charge < -0.3 is 4.57 Å². The van der Waals surface area contributed by atoms with E-state index < -0.39 is 0 Å². The minimum atomic E-state index is 0.00140. The van der Waals surface area contributed by atoms with Crippen LogP contribution < -0.4 is 5.56 Å². The van der Waals surface area contributed by atoms with Crippen molar-refractivity contribution in [3.63, 3.8) is 0 Å². The van der Waals surface area contributed by atoms with Crippen molar-refractivity contribution in [2.45, 2.75) is 32.9 Å². The van der Waals surface area contributed by atoms with Crippen molar-refractivity contribution in [3.8, 4) is 0 Å². The van der Waals surface area contributed by atoms with Gasteiger partial charge in [0, 0.05) is 32.4 Å². The summed E-state index contributed by atoms with van der Waals surface area (Å²) in [6, 6.07) is 3.38. The lowest BCUT2D eigenvalue weighted by atomic mass is 9.97. The third-order valence-corrected chi connectivity index (χ3v) is 4.28. The van der Waals surface area contributed by atoms with Crippen molar-refractivity contribution in [3.05, 3.63) is 46.4 Å². The third kappa shape index (κ3) is 3.62. The van der Waals surface area contributed by atoms with Gasteiger partial charge in [0.1, 0.15) is 0 Å². The predicted molar refractivity (Wildman–Crippen MR) is 84.4 cm³/mol. The van der Waals surface area contributed by atoms with Crippen LogP contribution in [0.15, 0.2) is 29.5 Å². The van der Waals surface area contributed by atoms with Crippen LogP contribution in [0.2, 0.25) is 0 Å². The van der Waals surface area contributed by atoms with Gasteiger partial charge in [0.25, 0.3) is 5.56 Å². The lowest BCUT2D eigenvalue weighted by Crippen LogP contribution is -2.36. The predicted octanol–water partition coefficient (Wildman–Crippen LogP) is 1.20. The van der Waals surface area contributed by atoms with Gasteiger partial charge in [-0.15, -0.1) is 0 Å². The van der Waals surface area contributed by atoms with Crippen molar-refractivity contribution < 1.29 is 0 Å². The van der Waals surface area contributed by atoms with Crippen LogP contribution in [-0.2, 0) is 20.1 Å². The second-order valence-electron chi connectivity index (χ2n) is 6.25. The highest BCUT2D eigenvalue weighted by molar-refractivity contribution is 4.98. The fourth-order valence-electron chi connectivity index (χ4n) is 3.03. The molecule has 118 valence electrons. The molecule has 6 nitrogen and oxygen atoms in total. The zero-order chi connectivity index (χ0) is 15.5. The fourth-order valence-corrected chi connectivity index (χ4v) is 3.03. The molecule has 3 rings (SSSR count). The van der Waals surface area contributed by atoms with Crippen molar-refractivity contribution in [1.82, 2.24) is 24.2 Å². The smallest absolute Gasteiger partial charge is 0.266 e. The molecule has 3 heterocycles. The molecule has 0 aromatic carbocycles. The third-order valence-electron chi connectivity index (χ3n) is 4.28. The number of aryl methyl sites for hydroxylation is 2. The molecule has 1 aliphatic heterocycles.